The van der Waals surface area contributed by atoms with Crippen molar-refractivity contribution < 1.29 is 13.9 Å². The highest BCUT2D eigenvalue weighted by Gasteiger charge is 2.15. The molecular weight excluding hydrogens is 495 g/mol. The molecule has 0 saturated heterocycles. The number of methoxy groups -OCH3 is 2. The van der Waals surface area contributed by atoms with Crippen molar-refractivity contribution in [2.45, 2.75) is 19.5 Å². The molecule has 0 saturated carbocycles. The lowest BCUT2D eigenvalue weighted by Crippen LogP contribution is -2.06. The van der Waals surface area contributed by atoms with E-state index in [0.29, 0.717) is 34.5 Å². The summed E-state index contributed by atoms with van der Waals surface area (Å²) in [5, 5.41) is 8.76. The Hall–Kier alpha value is -4.24. The Kier molecular flexibility index (Phi) is 7.14. The summed E-state index contributed by atoms with van der Waals surface area (Å²) in [7, 11) is 3.04. The van der Waals surface area contributed by atoms with E-state index in [1.807, 2.05) is 23.0 Å². The van der Waals surface area contributed by atoms with Gasteiger partial charge in [0.15, 0.2) is 17.2 Å². The summed E-state index contributed by atoms with van der Waals surface area (Å²) in [5.74, 6) is 0.799. The van der Waals surface area contributed by atoms with E-state index >= 15 is 0 Å². The number of aromatic nitrogens is 5. The summed E-state index contributed by atoms with van der Waals surface area (Å²) in [6.07, 6.45) is 5.74. The van der Waals surface area contributed by atoms with Gasteiger partial charge in [0.25, 0.3) is 0 Å². The summed E-state index contributed by atoms with van der Waals surface area (Å²) >= 11 is 6.21. The Morgan fingerprint density at radius 2 is 1.78 bits per heavy atom. The number of ether oxygens (including phenoxy) is 2. The molecule has 3 aromatic heterocycles. The molecule has 0 fully saturated rings. The van der Waals surface area contributed by atoms with Gasteiger partial charge in [-0.2, -0.15) is 5.10 Å². The van der Waals surface area contributed by atoms with Crippen LogP contribution in [-0.4, -0.2) is 39.0 Å². The molecule has 5 rings (SSSR count). The van der Waals surface area contributed by atoms with Crippen LogP contribution >= 0.6 is 11.6 Å². The molecule has 188 valence electrons. The largest absolute Gasteiger partial charge is 0.494 e. The average Bonchev–Trinajstić information content (AvgIpc) is 3.33. The maximum absolute atomic E-state index is 14.7. The molecule has 0 aliphatic heterocycles. The van der Waals surface area contributed by atoms with Crippen molar-refractivity contribution in [3.05, 3.63) is 100 Å². The molecule has 5 aromatic rings. The van der Waals surface area contributed by atoms with Gasteiger partial charge in [-0.3, -0.25) is 4.68 Å². The molecule has 1 N–H and O–H groups in total. The van der Waals surface area contributed by atoms with Crippen LogP contribution in [0.3, 0.4) is 0 Å². The average molecular weight is 519 g/mol. The van der Waals surface area contributed by atoms with E-state index in [-0.39, 0.29) is 12.3 Å². The third-order valence-corrected chi connectivity index (χ3v) is 6.33. The summed E-state index contributed by atoms with van der Waals surface area (Å²) < 4.78 is 26.9. The number of halogens is 2. The van der Waals surface area contributed by atoms with Gasteiger partial charge in [0.1, 0.15) is 12.1 Å². The smallest absolute Gasteiger partial charge is 0.216 e. The van der Waals surface area contributed by atoms with Crippen LogP contribution in [0.4, 0.5) is 10.2 Å². The number of nitrogens with zero attached hydrogens (tertiary/aromatic N) is 5. The van der Waals surface area contributed by atoms with Crippen molar-refractivity contribution in [2.24, 2.45) is 0 Å². The molecule has 0 unspecified atom stereocenters. The van der Waals surface area contributed by atoms with Gasteiger partial charge in [0.05, 0.1) is 26.2 Å². The van der Waals surface area contributed by atoms with Crippen LogP contribution in [0.1, 0.15) is 22.3 Å². The third kappa shape index (κ3) is 5.31. The van der Waals surface area contributed by atoms with Crippen LogP contribution in [0.25, 0.3) is 11.0 Å². The predicted octanol–water partition coefficient (Wildman–Crippen LogP) is 5.28. The highest BCUT2D eigenvalue weighted by atomic mass is 35.5. The molecule has 37 heavy (non-hydrogen) atoms. The number of hydrogen-bond donors (Lipinski definition) is 1. The van der Waals surface area contributed by atoms with E-state index < -0.39 is 5.82 Å². The lowest BCUT2D eigenvalue weighted by molar-refractivity contribution is 0.384. The topological polar surface area (TPSA) is 87.0 Å². The van der Waals surface area contributed by atoms with E-state index in [2.05, 4.69) is 49.6 Å². The molecule has 2 aromatic carbocycles. The molecule has 0 aliphatic carbocycles. The van der Waals surface area contributed by atoms with Gasteiger partial charge in [-0.05, 0) is 29.3 Å². The molecule has 10 heteroatoms. The maximum Gasteiger partial charge on any atom is 0.216 e. The Morgan fingerprint density at radius 3 is 2.57 bits per heavy atom. The fourth-order valence-corrected chi connectivity index (χ4v) is 4.30. The summed E-state index contributed by atoms with van der Waals surface area (Å²) in [5.41, 5.74) is 4.10. The van der Waals surface area contributed by atoms with Crippen molar-refractivity contribution in [3.8, 4) is 11.6 Å². The first kappa shape index (κ1) is 24.5. The zero-order valence-corrected chi connectivity index (χ0v) is 21.0. The first-order valence-electron chi connectivity index (χ1n) is 11.5. The summed E-state index contributed by atoms with van der Waals surface area (Å²) in [6, 6.07) is 15.3. The van der Waals surface area contributed by atoms with Gasteiger partial charge < -0.3 is 14.8 Å². The fraction of sp³-hybridized carbons (Fsp3) is 0.185. The number of pyridine rings is 1. The predicted molar refractivity (Wildman–Crippen MR) is 140 cm³/mol. The number of nitrogens with one attached hydrogen (secondary N) is 1. The first-order valence-corrected chi connectivity index (χ1v) is 11.9. The minimum atomic E-state index is -0.506. The van der Waals surface area contributed by atoms with Gasteiger partial charge in [-0.15, -0.1) is 0 Å². The van der Waals surface area contributed by atoms with E-state index in [1.165, 1.54) is 19.5 Å². The molecule has 8 nitrogen and oxygen atoms in total. The van der Waals surface area contributed by atoms with E-state index in [9.17, 15) is 4.39 Å². The minimum absolute atomic E-state index is 0.127. The van der Waals surface area contributed by atoms with Gasteiger partial charge >= 0.3 is 0 Å². The Morgan fingerprint density at radius 1 is 0.973 bits per heavy atom. The number of anilines is 1. The summed E-state index contributed by atoms with van der Waals surface area (Å²) in [6.45, 7) is 0.685. The Balaban J connectivity index is 1.30. The molecule has 0 bridgehead atoms. The Bertz CT molecular complexity index is 1540. The lowest BCUT2D eigenvalue weighted by atomic mass is 10.0. The normalized spacial score (nSPS) is 11.0. The van der Waals surface area contributed by atoms with Crippen molar-refractivity contribution in [1.29, 1.82) is 0 Å². The number of rotatable bonds is 9. The first-order chi connectivity index (χ1) is 18.1. The molecular formula is C27H24ClFN6O2. The van der Waals surface area contributed by atoms with Gasteiger partial charge in [-0.1, -0.05) is 41.9 Å². The standard InChI is InChI=1S/C27H24ClFN6O2/c1-36-23-10-9-22(28)20(24(23)29)13-31-25-21-15-35(34-26(21)33-16-32-25)14-18-7-5-17(6-8-18)12-19-4-3-11-30-27(19)37-2/h3-11,15-16H,12-14H2,1-2H3,(H,31,32,33,34). The van der Waals surface area contributed by atoms with Crippen LogP contribution in [0, 0.1) is 5.82 Å². The van der Waals surface area contributed by atoms with Crippen LogP contribution in [0.2, 0.25) is 5.02 Å². The molecule has 0 amide bonds. The summed E-state index contributed by atoms with van der Waals surface area (Å²) in [4.78, 5) is 12.9. The van der Waals surface area contributed by atoms with Crippen LogP contribution < -0.4 is 14.8 Å². The van der Waals surface area contributed by atoms with E-state index in [1.54, 1.807) is 19.4 Å². The van der Waals surface area contributed by atoms with Crippen molar-refractivity contribution in [1.82, 2.24) is 24.7 Å². The highest BCUT2D eigenvalue weighted by Crippen LogP contribution is 2.28. The molecule has 3 heterocycles. The second kappa shape index (κ2) is 10.8. The fourth-order valence-electron chi connectivity index (χ4n) is 4.09. The van der Waals surface area contributed by atoms with Gasteiger partial charge in [0.2, 0.25) is 5.88 Å². The molecule has 0 atom stereocenters. The number of benzene rings is 2. The van der Waals surface area contributed by atoms with Gasteiger partial charge in [-0.25, -0.2) is 19.3 Å². The zero-order valence-electron chi connectivity index (χ0n) is 20.3. The second-order valence-electron chi connectivity index (χ2n) is 8.35. The van der Waals surface area contributed by atoms with Crippen LogP contribution in [0.15, 0.2) is 67.3 Å². The van der Waals surface area contributed by atoms with E-state index in [0.717, 1.165) is 28.5 Å². The van der Waals surface area contributed by atoms with Crippen molar-refractivity contribution in [3.63, 3.8) is 0 Å². The van der Waals surface area contributed by atoms with Crippen molar-refractivity contribution in [2.75, 3.05) is 19.5 Å². The van der Waals surface area contributed by atoms with Crippen LogP contribution in [-0.2, 0) is 19.5 Å². The minimum Gasteiger partial charge on any atom is -0.494 e. The molecule has 0 radical (unpaired) electrons. The Labute approximate surface area is 218 Å². The lowest BCUT2D eigenvalue weighted by Gasteiger charge is -2.11. The van der Waals surface area contributed by atoms with Gasteiger partial charge in [0, 0.05) is 41.5 Å². The molecule has 0 aliphatic rings. The van der Waals surface area contributed by atoms with Crippen molar-refractivity contribution >= 4 is 28.5 Å². The SMILES string of the molecule is COc1ccc(Cl)c(CNc2ncnc3nn(Cc4ccc(Cc5cccnc5OC)cc4)cc23)c1F. The molecule has 0 spiro atoms. The maximum atomic E-state index is 14.7. The number of fused-ring (bicyclic) bond motifs is 1. The monoisotopic (exact) mass is 518 g/mol. The number of hydrogen-bond acceptors (Lipinski definition) is 7. The quantitative estimate of drug-likeness (QED) is 0.284. The highest BCUT2D eigenvalue weighted by molar-refractivity contribution is 6.31. The zero-order chi connectivity index (χ0) is 25.8. The third-order valence-electron chi connectivity index (χ3n) is 5.97. The van der Waals surface area contributed by atoms with E-state index in [4.69, 9.17) is 21.1 Å². The second-order valence-corrected chi connectivity index (χ2v) is 8.75. The van der Waals surface area contributed by atoms with Crippen LogP contribution in [0.5, 0.6) is 11.6 Å².